The minimum atomic E-state index is -1.05. The zero-order valence-corrected chi connectivity index (χ0v) is 11.5. The van der Waals surface area contributed by atoms with Gasteiger partial charge in [-0.1, -0.05) is 12.1 Å². The molecule has 2 amide bonds. The summed E-state index contributed by atoms with van der Waals surface area (Å²) in [5.41, 5.74) is -0.440. The van der Waals surface area contributed by atoms with E-state index in [1.54, 1.807) is 24.1 Å². The molecule has 2 rings (SSSR count). The molecule has 3 N–H and O–H groups in total. The van der Waals surface area contributed by atoms with Crippen molar-refractivity contribution in [2.24, 2.45) is 0 Å². The van der Waals surface area contributed by atoms with Crippen LogP contribution in [0.3, 0.4) is 0 Å². The second-order valence-electron chi connectivity index (χ2n) is 5.00. The van der Waals surface area contributed by atoms with Gasteiger partial charge in [0.25, 0.3) is 0 Å². The molecular weight excluding hydrogens is 260 g/mol. The molecule has 0 aromatic heterocycles. The van der Waals surface area contributed by atoms with Gasteiger partial charge in [0, 0.05) is 13.1 Å². The molecule has 0 atom stereocenters. The van der Waals surface area contributed by atoms with Crippen LogP contribution in [0.25, 0.3) is 0 Å². The normalized spacial score (nSPS) is 17.6. The number of methoxy groups -OCH3 is 1. The number of nitrogens with one attached hydrogen (secondary N) is 1. The Kier molecular flexibility index (Phi) is 4.46. The Hall–Kier alpha value is -1.79. The van der Waals surface area contributed by atoms with E-state index >= 15 is 0 Å². The SMILES string of the molecule is COc1ccccc1NC(=O)N1CCC(O)(CO)CC1. The number of hydrogen-bond donors (Lipinski definition) is 3. The summed E-state index contributed by atoms with van der Waals surface area (Å²) in [6.45, 7) is 0.561. The van der Waals surface area contributed by atoms with E-state index in [1.165, 1.54) is 0 Å². The van der Waals surface area contributed by atoms with Crippen molar-refractivity contribution >= 4 is 11.7 Å². The lowest BCUT2D eigenvalue weighted by molar-refractivity contribution is -0.0519. The molecule has 1 aromatic rings. The number of nitrogens with zero attached hydrogens (tertiary/aromatic N) is 1. The quantitative estimate of drug-likeness (QED) is 0.773. The second-order valence-corrected chi connectivity index (χ2v) is 5.00. The van der Waals surface area contributed by atoms with Gasteiger partial charge in [-0.2, -0.15) is 0 Å². The van der Waals surface area contributed by atoms with Crippen molar-refractivity contribution in [1.29, 1.82) is 0 Å². The summed E-state index contributed by atoms with van der Waals surface area (Å²) in [6.07, 6.45) is 0.756. The number of benzene rings is 1. The van der Waals surface area contributed by atoms with Crippen LogP contribution in [0, 0.1) is 0 Å². The number of carbonyl (C=O) groups excluding carboxylic acids is 1. The van der Waals surface area contributed by atoms with E-state index in [9.17, 15) is 9.90 Å². The van der Waals surface area contributed by atoms with Crippen molar-refractivity contribution in [3.05, 3.63) is 24.3 Å². The van der Waals surface area contributed by atoms with Gasteiger partial charge in [-0.25, -0.2) is 4.79 Å². The third kappa shape index (κ3) is 3.20. The number of para-hydroxylation sites is 2. The van der Waals surface area contributed by atoms with Gasteiger partial charge in [0.2, 0.25) is 0 Å². The molecular formula is C14H20N2O4. The molecule has 0 aliphatic carbocycles. The van der Waals surface area contributed by atoms with Gasteiger partial charge in [0.05, 0.1) is 25.0 Å². The fourth-order valence-corrected chi connectivity index (χ4v) is 2.23. The van der Waals surface area contributed by atoms with Crippen LogP contribution >= 0.6 is 0 Å². The van der Waals surface area contributed by atoms with Crippen LogP contribution in [0.2, 0.25) is 0 Å². The Bertz CT molecular complexity index is 470. The van der Waals surface area contributed by atoms with Gasteiger partial charge in [0.15, 0.2) is 0 Å². The molecule has 110 valence electrons. The molecule has 6 heteroatoms. The van der Waals surface area contributed by atoms with Crippen LogP contribution < -0.4 is 10.1 Å². The van der Waals surface area contributed by atoms with Crippen LogP contribution in [0.1, 0.15) is 12.8 Å². The minimum absolute atomic E-state index is 0.227. The first kappa shape index (κ1) is 14.6. The summed E-state index contributed by atoms with van der Waals surface area (Å²) in [5, 5.41) is 21.8. The van der Waals surface area contributed by atoms with Gasteiger partial charge >= 0.3 is 6.03 Å². The van der Waals surface area contributed by atoms with Gasteiger partial charge in [-0.05, 0) is 25.0 Å². The highest BCUT2D eigenvalue weighted by atomic mass is 16.5. The Labute approximate surface area is 118 Å². The minimum Gasteiger partial charge on any atom is -0.495 e. The Morgan fingerprint density at radius 3 is 2.65 bits per heavy atom. The predicted molar refractivity (Wildman–Crippen MR) is 74.9 cm³/mol. The van der Waals surface area contributed by atoms with Gasteiger partial charge in [-0.15, -0.1) is 0 Å². The first-order valence-electron chi connectivity index (χ1n) is 6.60. The summed E-state index contributed by atoms with van der Waals surface area (Å²) in [4.78, 5) is 13.8. The number of ether oxygens (including phenoxy) is 1. The monoisotopic (exact) mass is 280 g/mol. The number of piperidine rings is 1. The lowest BCUT2D eigenvalue weighted by Crippen LogP contribution is -2.49. The molecule has 0 radical (unpaired) electrons. The number of urea groups is 1. The maximum Gasteiger partial charge on any atom is 0.321 e. The van der Waals surface area contributed by atoms with Crippen LogP contribution in [-0.4, -0.2) is 53.6 Å². The van der Waals surface area contributed by atoms with E-state index in [1.807, 2.05) is 12.1 Å². The van der Waals surface area contributed by atoms with Crippen molar-refractivity contribution < 1.29 is 19.7 Å². The van der Waals surface area contributed by atoms with Gasteiger partial charge in [-0.3, -0.25) is 0 Å². The third-order valence-corrected chi connectivity index (χ3v) is 3.62. The number of aliphatic hydroxyl groups excluding tert-OH is 1. The number of amides is 2. The summed E-state index contributed by atoms with van der Waals surface area (Å²) < 4.78 is 5.18. The van der Waals surface area contributed by atoms with Crippen LogP contribution in [0.5, 0.6) is 5.75 Å². The van der Waals surface area contributed by atoms with E-state index in [0.717, 1.165) is 0 Å². The number of carbonyl (C=O) groups is 1. The first-order chi connectivity index (χ1) is 9.58. The molecule has 0 unspecified atom stereocenters. The number of likely N-dealkylation sites (tertiary alicyclic amines) is 1. The van der Waals surface area contributed by atoms with Crippen molar-refractivity contribution in [2.75, 3.05) is 32.1 Å². The maximum absolute atomic E-state index is 12.2. The van der Waals surface area contributed by atoms with Gasteiger partial charge < -0.3 is 25.2 Å². The smallest absolute Gasteiger partial charge is 0.321 e. The van der Waals surface area contributed by atoms with Crippen LogP contribution in [-0.2, 0) is 0 Å². The Morgan fingerprint density at radius 2 is 2.05 bits per heavy atom. The van der Waals surface area contributed by atoms with E-state index in [2.05, 4.69) is 5.32 Å². The molecule has 1 aliphatic rings. The standard InChI is InChI=1S/C14H20N2O4/c1-20-12-5-3-2-4-11(12)15-13(18)16-8-6-14(19,10-17)7-9-16/h2-5,17,19H,6-10H2,1H3,(H,15,18). The zero-order valence-electron chi connectivity index (χ0n) is 11.5. The molecule has 1 heterocycles. The zero-order chi connectivity index (χ0) is 14.6. The highest BCUT2D eigenvalue weighted by Gasteiger charge is 2.33. The summed E-state index contributed by atoms with van der Waals surface area (Å²) in [6, 6.07) is 6.96. The highest BCUT2D eigenvalue weighted by Crippen LogP contribution is 2.25. The molecule has 1 aromatic carbocycles. The van der Waals surface area contributed by atoms with Gasteiger partial charge in [0.1, 0.15) is 5.75 Å². The molecule has 0 saturated carbocycles. The Balaban J connectivity index is 1.96. The third-order valence-electron chi connectivity index (χ3n) is 3.62. The second kappa shape index (κ2) is 6.11. The summed E-state index contributed by atoms with van der Waals surface area (Å²) in [5.74, 6) is 0.602. The fourth-order valence-electron chi connectivity index (χ4n) is 2.23. The number of hydrogen-bond acceptors (Lipinski definition) is 4. The van der Waals surface area contributed by atoms with Crippen LogP contribution in [0.15, 0.2) is 24.3 Å². The number of rotatable bonds is 3. The maximum atomic E-state index is 12.2. The molecule has 1 aliphatic heterocycles. The topological polar surface area (TPSA) is 82.0 Å². The summed E-state index contributed by atoms with van der Waals surface area (Å²) >= 11 is 0. The van der Waals surface area contributed by atoms with E-state index in [-0.39, 0.29) is 12.6 Å². The first-order valence-corrected chi connectivity index (χ1v) is 6.60. The average molecular weight is 280 g/mol. The molecule has 6 nitrogen and oxygen atoms in total. The molecule has 20 heavy (non-hydrogen) atoms. The van der Waals surface area contributed by atoms with E-state index in [4.69, 9.17) is 9.84 Å². The van der Waals surface area contributed by atoms with E-state index < -0.39 is 5.60 Å². The largest absolute Gasteiger partial charge is 0.495 e. The van der Waals surface area contributed by atoms with Crippen LogP contribution in [0.4, 0.5) is 10.5 Å². The van der Waals surface area contributed by atoms with Crippen molar-refractivity contribution in [1.82, 2.24) is 4.90 Å². The van der Waals surface area contributed by atoms with Crippen molar-refractivity contribution in [2.45, 2.75) is 18.4 Å². The molecule has 0 bridgehead atoms. The molecule has 1 saturated heterocycles. The van der Waals surface area contributed by atoms with E-state index in [0.29, 0.717) is 37.4 Å². The molecule has 1 fully saturated rings. The molecule has 0 spiro atoms. The fraction of sp³-hybridized carbons (Fsp3) is 0.500. The number of aliphatic hydroxyl groups is 2. The Morgan fingerprint density at radius 1 is 1.40 bits per heavy atom. The lowest BCUT2D eigenvalue weighted by atomic mass is 9.93. The lowest BCUT2D eigenvalue weighted by Gasteiger charge is -2.36. The predicted octanol–water partition coefficient (Wildman–Crippen LogP) is 1.05. The number of anilines is 1. The van der Waals surface area contributed by atoms with Crippen molar-refractivity contribution in [3.63, 3.8) is 0 Å². The summed E-state index contributed by atoms with van der Waals surface area (Å²) in [7, 11) is 1.55. The van der Waals surface area contributed by atoms with Crippen molar-refractivity contribution in [3.8, 4) is 5.75 Å². The average Bonchev–Trinajstić information content (AvgIpc) is 2.48. The highest BCUT2D eigenvalue weighted by molar-refractivity contribution is 5.91.